The maximum atomic E-state index is 12.9. The van der Waals surface area contributed by atoms with E-state index < -0.39 is 5.91 Å². The van der Waals surface area contributed by atoms with E-state index in [0.717, 1.165) is 16.2 Å². The molecule has 4 aromatic rings. The van der Waals surface area contributed by atoms with Gasteiger partial charge in [-0.05, 0) is 57.2 Å². The van der Waals surface area contributed by atoms with E-state index in [2.05, 4.69) is 21.0 Å². The Morgan fingerprint density at radius 2 is 1.84 bits per heavy atom. The second-order valence-corrected chi connectivity index (χ2v) is 8.56. The molecule has 0 bridgehead atoms. The number of hydrazine groups is 1. The predicted octanol–water partition coefficient (Wildman–Crippen LogP) is 4.61. The van der Waals surface area contributed by atoms with Gasteiger partial charge in [-0.1, -0.05) is 16.8 Å². The zero-order chi connectivity index (χ0) is 22.8. The summed E-state index contributed by atoms with van der Waals surface area (Å²) < 4.78 is 10.9. The molecule has 0 aliphatic rings. The van der Waals surface area contributed by atoms with Gasteiger partial charge in [-0.15, -0.1) is 11.8 Å². The number of nitrogens with one attached hydrogen (secondary N) is 2. The topological polar surface area (TPSA) is 110 Å². The van der Waals surface area contributed by atoms with Gasteiger partial charge in [-0.25, -0.2) is 4.98 Å². The van der Waals surface area contributed by atoms with Crippen LogP contribution in [0.4, 0.5) is 0 Å². The van der Waals surface area contributed by atoms with Crippen molar-refractivity contribution >= 4 is 46.3 Å². The number of fused-ring (bicyclic) bond motifs is 1. The summed E-state index contributed by atoms with van der Waals surface area (Å²) in [5, 5.41) is 5.03. The third-order valence-corrected chi connectivity index (χ3v) is 5.94. The molecule has 0 spiro atoms. The van der Waals surface area contributed by atoms with Crippen molar-refractivity contribution in [2.24, 2.45) is 0 Å². The van der Waals surface area contributed by atoms with Gasteiger partial charge in [0.2, 0.25) is 5.91 Å². The van der Waals surface area contributed by atoms with Crippen molar-refractivity contribution in [2.75, 3.05) is 5.75 Å². The van der Waals surface area contributed by atoms with Crippen LogP contribution in [0.25, 0.3) is 22.4 Å². The molecule has 10 heteroatoms. The number of halogens is 1. The summed E-state index contributed by atoms with van der Waals surface area (Å²) in [6.45, 7) is 5.37. The van der Waals surface area contributed by atoms with E-state index in [9.17, 15) is 9.59 Å². The van der Waals surface area contributed by atoms with Gasteiger partial charge in [0.25, 0.3) is 11.6 Å². The lowest BCUT2D eigenvalue weighted by Crippen LogP contribution is -2.42. The smallest absolute Gasteiger partial charge is 0.270 e. The van der Waals surface area contributed by atoms with Crippen LogP contribution in [-0.4, -0.2) is 27.7 Å². The fourth-order valence-electron chi connectivity index (χ4n) is 3.21. The van der Waals surface area contributed by atoms with Crippen LogP contribution in [0.3, 0.4) is 0 Å². The van der Waals surface area contributed by atoms with Crippen molar-refractivity contribution in [1.82, 2.24) is 21.0 Å². The Morgan fingerprint density at radius 1 is 1.09 bits per heavy atom. The molecule has 8 nitrogen and oxygen atoms in total. The standard InChI is InChI=1S/C22H19ClN4O4S/c1-11-8-16(13(3)30-11)18-9-17(20-12(2)27-31-22(20)24-18)21(29)26-25-19(28)10-32-15-6-4-14(23)5-7-15/h4-9H,10H2,1-3H3,(H,25,28)(H,26,29). The minimum atomic E-state index is -0.507. The number of amides is 2. The van der Waals surface area contributed by atoms with E-state index in [1.807, 2.05) is 32.0 Å². The summed E-state index contributed by atoms with van der Waals surface area (Å²) in [5.41, 5.74) is 7.19. The van der Waals surface area contributed by atoms with Crippen LogP contribution in [0.15, 0.2) is 50.2 Å². The quantitative estimate of drug-likeness (QED) is 0.323. The van der Waals surface area contributed by atoms with Crippen LogP contribution < -0.4 is 10.9 Å². The monoisotopic (exact) mass is 470 g/mol. The number of thioether (sulfide) groups is 1. The Hall–Kier alpha value is -3.30. The number of hydrogen-bond acceptors (Lipinski definition) is 7. The van der Waals surface area contributed by atoms with Crippen molar-refractivity contribution in [3.05, 3.63) is 64.2 Å². The summed E-state index contributed by atoms with van der Waals surface area (Å²) in [6.07, 6.45) is 0. The molecule has 0 fully saturated rings. The normalized spacial score (nSPS) is 11.0. The molecule has 164 valence electrons. The lowest BCUT2D eigenvalue weighted by atomic mass is 10.1. The van der Waals surface area contributed by atoms with Gasteiger partial charge in [0.15, 0.2) is 0 Å². The summed E-state index contributed by atoms with van der Waals surface area (Å²) in [4.78, 5) is 30.5. The lowest BCUT2D eigenvalue weighted by molar-refractivity contribution is -0.119. The van der Waals surface area contributed by atoms with E-state index in [0.29, 0.717) is 27.6 Å². The average molecular weight is 471 g/mol. The predicted molar refractivity (Wildman–Crippen MR) is 122 cm³/mol. The molecule has 3 heterocycles. The largest absolute Gasteiger partial charge is 0.466 e. The summed E-state index contributed by atoms with van der Waals surface area (Å²) >= 11 is 7.19. The van der Waals surface area contributed by atoms with Gasteiger partial charge in [0, 0.05) is 15.5 Å². The Labute approximate surface area is 192 Å². The van der Waals surface area contributed by atoms with Crippen molar-refractivity contribution in [3.63, 3.8) is 0 Å². The molecule has 0 saturated carbocycles. The van der Waals surface area contributed by atoms with Gasteiger partial charge in [0.1, 0.15) is 11.5 Å². The van der Waals surface area contributed by atoms with Crippen LogP contribution in [-0.2, 0) is 4.79 Å². The number of hydrogen-bond donors (Lipinski definition) is 2. The number of nitrogens with zero attached hydrogens (tertiary/aromatic N) is 2. The maximum Gasteiger partial charge on any atom is 0.270 e. The molecular formula is C22H19ClN4O4S. The highest BCUT2D eigenvalue weighted by Crippen LogP contribution is 2.30. The highest BCUT2D eigenvalue weighted by molar-refractivity contribution is 8.00. The van der Waals surface area contributed by atoms with E-state index >= 15 is 0 Å². The average Bonchev–Trinajstić information content (AvgIpc) is 3.32. The molecule has 4 rings (SSSR count). The summed E-state index contributed by atoms with van der Waals surface area (Å²) in [7, 11) is 0. The molecule has 32 heavy (non-hydrogen) atoms. The fraction of sp³-hybridized carbons (Fsp3) is 0.182. The van der Waals surface area contributed by atoms with Crippen molar-refractivity contribution in [2.45, 2.75) is 25.7 Å². The van der Waals surface area contributed by atoms with E-state index in [-0.39, 0.29) is 22.9 Å². The molecule has 0 aliphatic carbocycles. The second kappa shape index (κ2) is 9.05. The Bertz CT molecular complexity index is 1310. The first-order valence-corrected chi connectivity index (χ1v) is 11.0. The third-order valence-electron chi connectivity index (χ3n) is 4.68. The molecule has 0 radical (unpaired) electrons. The number of furan rings is 1. The van der Waals surface area contributed by atoms with E-state index in [1.54, 1.807) is 25.1 Å². The van der Waals surface area contributed by atoms with Crippen molar-refractivity contribution in [1.29, 1.82) is 0 Å². The Kier molecular flexibility index (Phi) is 6.20. The molecule has 1 aromatic carbocycles. The fourth-order valence-corrected chi connectivity index (χ4v) is 4.03. The van der Waals surface area contributed by atoms with Crippen LogP contribution in [0.1, 0.15) is 27.6 Å². The number of aromatic nitrogens is 2. The molecular weight excluding hydrogens is 452 g/mol. The Balaban J connectivity index is 1.51. The number of pyridine rings is 1. The molecule has 0 saturated heterocycles. The van der Waals surface area contributed by atoms with Gasteiger partial charge < -0.3 is 8.94 Å². The minimum absolute atomic E-state index is 0.124. The zero-order valence-electron chi connectivity index (χ0n) is 17.5. The first kappa shape index (κ1) is 21.9. The third kappa shape index (κ3) is 4.63. The molecule has 2 N–H and O–H groups in total. The van der Waals surface area contributed by atoms with Gasteiger partial charge in [-0.2, -0.15) is 0 Å². The number of carbonyl (C=O) groups is 2. The van der Waals surface area contributed by atoms with Crippen LogP contribution in [0.2, 0.25) is 5.02 Å². The van der Waals surface area contributed by atoms with Gasteiger partial charge in [0.05, 0.1) is 28.1 Å². The van der Waals surface area contributed by atoms with Crippen molar-refractivity contribution < 1.29 is 18.5 Å². The minimum Gasteiger partial charge on any atom is -0.466 e. The van der Waals surface area contributed by atoms with Crippen LogP contribution in [0.5, 0.6) is 0 Å². The van der Waals surface area contributed by atoms with Crippen LogP contribution >= 0.6 is 23.4 Å². The highest BCUT2D eigenvalue weighted by atomic mass is 35.5. The molecule has 2 amide bonds. The molecule has 0 unspecified atom stereocenters. The van der Waals surface area contributed by atoms with E-state index in [1.165, 1.54) is 11.8 Å². The SMILES string of the molecule is Cc1cc(-c2cc(C(=O)NNC(=O)CSc3ccc(Cl)cc3)c3c(C)noc3n2)c(C)o1. The summed E-state index contributed by atoms with van der Waals surface area (Å²) in [5.74, 6) is 0.660. The molecule has 0 atom stereocenters. The lowest BCUT2D eigenvalue weighted by Gasteiger charge is -2.09. The molecule has 0 aliphatic heterocycles. The van der Waals surface area contributed by atoms with Crippen molar-refractivity contribution in [3.8, 4) is 11.3 Å². The highest BCUT2D eigenvalue weighted by Gasteiger charge is 2.21. The molecule has 3 aromatic heterocycles. The maximum absolute atomic E-state index is 12.9. The first-order chi connectivity index (χ1) is 15.3. The number of benzene rings is 1. The zero-order valence-corrected chi connectivity index (χ0v) is 19.1. The number of rotatable bonds is 5. The van der Waals surface area contributed by atoms with Crippen LogP contribution in [0, 0.1) is 20.8 Å². The van der Waals surface area contributed by atoms with Gasteiger partial charge in [-0.3, -0.25) is 20.4 Å². The number of aryl methyl sites for hydroxylation is 3. The second-order valence-electron chi connectivity index (χ2n) is 7.08. The van der Waals surface area contributed by atoms with E-state index in [4.69, 9.17) is 20.5 Å². The van der Waals surface area contributed by atoms with Gasteiger partial charge >= 0.3 is 0 Å². The number of carbonyl (C=O) groups excluding carboxylic acids is 2. The summed E-state index contributed by atoms with van der Waals surface area (Å²) in [6, 6.07) is 10.6. The first-order valence-electron chi connectivity index (χ1n) is 9.64. The Morgan fingerprint density at radius 3 is 2.53 bits per heavy atom.